The molecule has 0 bridgehead atoms. The molecule has 112 valence electrons. The molecular weight excluding hydrogens is 304 g/mol. The number of nitrogens with one attached hydrogen (secondary N) is 2. The van der Waals surface area contributed by atoms with Crippen LogP contribution in [0.4, 0.5) is 0 Å². The summed E-state index contributed by atoms with van der Waals surface area (Å²) in [4.78, 5) is 0.150. The van der Waals surface area contributed by atoms with Crippen molar-refractivity contribution in [2.45, 2.75) is 17.4 Å². The molecule has 3 rings (SSSR count). The van der Waals surface area contributed by atoms with Crippen molar-refractivity contribution in [1.82, 2.24) is 10.0 Å². The number of fused-ring (bicyclic) bond motifs is 1. The predicted molar refractivity (Wildman–Crippen MR) is 76.3 cm³/mol. The van der Waals surface area contributed by atoms with Crippen LogP contribution in [0.1, 0.15) is 6.42 Å². The van der Waals surface area contributed by atoms with Gasteiger partial charge in [-0.1, -0.05) is 6.07 Å². The van der Waals surface area contributed by atoms with E-state index in [2.05, 4.69) is 10.0 Å². The van der Waals surface area contributed by atoms with Crippen LogP contribution in [0.3, 0.4) is 0 Å². The van der Waals surface area contributed by atoms with Crippen LogP contribution in [0.25, 0.3) is 0 Å². The van der Waals surface area contributed by atoms with Crippen molar-refractivity contribution < 1.29 is 17.9 Å². The minimum atomic E-state index is -3.58. The highest BCUT2D eigenvalue weighted by atomic mass is 35.5. The largest absolute Gasteiger partial charge is 0.486 e. The minimum absolute atomic E-state index is 0. The number of ether oxygens (including phenoxy) is 2. The summed E-state index contributed by atoms with van der Waals surface area (Å²) in [6.07, 6.45) is 0.797. The minimum Gasteiger partial charge on any atom is -0.486 e. The molecule has 2 N–H and O–H groups in total. The Kier molecular flexibility index (Phi) is 4.74. The Hall–Kier alpha value is -1.02. The Morgan fingerprint density at radius 1 is 1.25 bits per heavy atom. The van der Waals surface area contributed by atoms with Gasteiger partial charge in [-0.2, -0.15) is 0 Å². The molecule has 1 atom stereocenters. The van der Waals surface area contributed by atoms with Crippen LogP contribution in [0.2, 0.25) is 0 Å². The summed E-state index contributed by atoms with van der Waals surface area (Å²) in [7, 11) is -3.58. The van der Waals surface area contributed by atoms with Crippen LogP contribution in [0.5, 0.6) is 11.5 Å². The lowest BCUT2D eigenvalue weighted by molar-refractivity contribution is 0.167. The van der Waals surface area contributed by atoms with Crippen LogP contribution >= 0.6 is 12.4 Å². The lowest BCUT2D eigenvalue weighted by Crippen LogP contribution is -2.36. The summed E-state index contributed by atoms with van der Waals surface area (Å²) in [5.41, 5.74) is 0. The number of sulfonamides is 1. The summed E-state index contributed by atoms with van der Waals surface area (Å²) in [6.45, 7) is 2.30. The third-order valence-corrected chi connectivity index (χ3v) is 4.75. The van der Waals surface area contributed by atoms with Gasteiger partial charge < -0.3 is 14.8 Å². The number of rotatable bonds is 3. The number of hydrogen-bond acceptors (Lipinski definition) is 5. The van der Waals surface area contributed by atoms with Gasteiger partial charge in [-0.05, 0) is 25.1 Å². The van der Waals surface area contributed by atoms with Crippen molar-refractivity contribution in [3.05, 3.63) is 18.2 Å². The summed E-state index contributed by atoms with van der Waals surface area (Å²) >= 11 is 0. The van der Waals surface area contributed by atoms with Gasteiger partial charge in [0.25, 0.3) is 0 Å². The van der Waals surface area contributed by atoms with Gasteiger partial charge in [0.05, 0.1) is 0 Å². The van der Waals surface area contributed by atoms with Crippen molar-refractivity contribution >= 4 is 22.4 Å². The number of para-hydroxylation sites is 1. The lowest BCUT2D eigenvalue weighted by Gasteiger charge is -2.21. The maximum absolute atomic E-state index is 12.4. The van der Waals surface area contributed by atoms with Crippen molar-refractivity contribution in [3.8, 4) is 11.5 Å². The molecule has 0 amide bonds. The maximum atomic E-state index is 12.4. The molecule has 1 unspecified atom stereocenters. The molecule has 0 saturated carbocycles. The van der Waals surface area contributed by atoms with E-state index in [1.165, 1.54) is 6.07 Å². The highest BCUT2D eigenvalue weighted by molar-refractivity contribution is 7.89. The molecule has 8 heteroatoms. The summed E-state index contributed by atoms with van der Waals surface area (Å²) in [6, 6.07) is 4.85. The molecule has 2 heterocycles. The standard InChI is InChI=1S/C12H16N2O4S.ClH/c15-19(16,14-9-4-5-13-8-9)11-3-1-2-10-12(11)18-7-6-17-10;/h1-3,9,13-14H,4-8H2;1H. The monoisotopic (exact) mass is 320 g/mol. The number of halogens is 1. The van der Waals surface area contributed by atoms with Crippen molar-refractivity contribution in [3.63, 3.8) is 0 Å². The second-order valence-corrected chi connectivity index (χ2v) is 6.27. The smallest absolute Gasteiger partial charge is 0.244 e. The average molecular weight is 321 g/mol. The van der Waals surface area contributed by atoms with Crippen LogP contribution < -0.4 is 19.5 Å². The topological polar surface area (TPSA) is 76.7 Å². The first-order valence-electron chi connectivity index (χ1n) is 6.28. The van der Waals surface area contributed by atoms with Gasteiger partial charge in [0.2, 0.25) is 10.0 Å². The quantitative estimate of drug-likeness (QED) is 0.849. The molecule has 0 aromatic heterocycles. The Bertz CT molecular complexity index is 573. The third-order valence-electron chi connectivity index (χ3n) is 3.20. The fourth-order valence-corrected chi connectivity index (χ4v) is 3.73. The molecule has 2 aliphatic rings. The Balaban J connectivity index is 0.00000147. The van der Waals surface area contributed by atoms with E-state index in [0.29, 0.717) is 31.3 Å². The summed E-state index contributed by atoms with van der Waals surface area (Å²) in [5.74, 6) is 0.797. The Morgan fingerprint density at radius 3 is 2.80 bits per heavy atom. The van der Waals surface area contributed by atoms with Gasteiger partial charge >= 0.3 is 0 Å². The van der Waals surface area contributed by atoms with Gasteiger partial charge in [-0.25, -0.2) is 13.1 Å². The third kappa shape index (κ3) is 3.01. The SMILES string of the molecule is Cl.O=S(=O)(NC1CCNC1)c1cccc2c1OCCO2. The van der Waals surface area contributed by atoms with Gasteiger partial charge in [0.1, 0.15) is 18.1 Å². The first kappa shape index (κ1) is 15.4. The molecule has 1 aromatic carbocycles. The van der Waals surface area contributed by atoms with Crippen molar-refractivity contribution in [2.24, 2.45) is 0 Å². The van der Waals surface area contributed by atoms with Gasteiger partial charge in [0.15, 0.2) is 11.5 Å². The predicted octanol–water partition coefficient (Wildman–Crippen LogP) is 0.520. The first-order valence-corrected chi connectivity index (χ1v) is 7.77. The molecule has 20 heavy (non-hydrogen) atoms. The second-order valence-electron chi connectivity index (χ2n) is 4.59. The zero-order valence-corrected chi connectivity index (χ0v) is 12.4. The van der Waals surface area contributed by atoms with E-state index < -0.39 is 10.0 Å². The fourth-order valence-electron chi connectivity index (χ4n) is 2.30. The molecule has 6 nitrogen and oxygen atoms in total. The van der Waals surface area contributed by atoms with Gasteiger partial charge in [-0.3, -0.25) is 0 Å². The van der Waals surface area contributed by atoms with Crippen LogP contribution in [0, 0.1) is 0 Å². The highest BCUT2D eigenvalue weighted by Crippen LogP contribution is 2.36. The van der Waals surface area contributed by atoms with Gasteiger partial charge in [-0.15, -0.1) is 12.4 Å². The zero-order valence-electron chi connectivity index (χ0n) is 10.8. The van der Waals surface area contributed by atoms with E-state index in [1.54, 1.807) is 12.1 Å². The second kappa shape index (κ2) is 6.17. The Labute approximate surface area is 124 Å². The molecule has 0 aliphatic carbocycles. The normalized spacial score (nSPS) is 21.3. The first-order chi connectivity index (χ1) is 9.17. The van der Waals surface area contributed by atoms with Crippen LogP contribution in [-0.4, -0.2) is 40.8 Å². The molecule has 2 aliphatic heterocycles. The lowest BCUT2D eigenvalue weighted by atomic mass is 10.3. The van der Waals surface area contributed by atoms with Crippen LogP contribution in [-0.2, 0) is 10.0 Å². The van der Waals surface area contributed by atoms with E-state index in [9.17, 15) is 8.42 Å². The number of benzene rings is 1. The molecular formula is C12H17ClN2O4S. The van der Waals surface area contributed by atoms with E-state index in [0.717, 1.165) is 13.0 Å². The highest BCUT2D eigenvalue weighted by Gasteiger charge is 2.28. The zero-order chi connectivity index (χ0) is 13.3. The van der Waals surface area contributed by atoms with Crippen molar-refractivity contribution in [2.75, 3.05) is 26.3 Å². The molecule has 1 aromatic rings. The van der Waals surface area contributed by atoms with E-state index in [1.807, 2.05) is 0 Å². The maximum Gasteiger partial charge on any atom is 0.244 e. The van der Waals surface area contributed by atoms with E-state index in [4.69, 9.17) is 9.47 Å². The molecule has 1 fully saturated rings. The van der Waals surface area contributed by atoms with Crippen LogP contribution in [0.15, 0.2) is 23.1 Å². The fraction of sp³-hybridized carbons (Fsp3) is 0.500. The van der Waals surface area contributed by atoms with E-state index >= 15 is 0 Å². The summed E-state index contributed by atoms with van der Waals surface area (Å²) in [5, 5.41) is 3.13. The molecule has 0 radical (unpaired) electrons. The van der Waals surface area contributed by atoms with E-state index in [-0.39, 0.29) is 23.3 Å². The van der Waals surface area contributed by atoms with Crippen molar-refractivity contribution in [1.29, 1.82) is 0 Å². The summed E-state index contributed by atoms with van der Waals surface area (Å²) < 4.78 is 38.3. The average Bonchev–Trinajstić information content (AvgIpc) is 2.90. The Morgan fingerprint density at radius 2 is 2.05 bits per heavy atom. The molecule has 1 saturated heterocycles. The van der Waals surface area contributed by atoms with Gasteiger partial charge in [0, 0.05) is 12.6 Å². The number of hydrogen-bond donors (Lipinski definition) is 2. The molecule has 0 spiro atoms.